The summed E-state index contributed by atoms with van der Waals surface area (Å²) in [5.74, 6) is 0.968. The Balaban J connectivity index is 0.000000144. The number of hydrogen-bond donors (Lipinski definition) is 0. The third-order valence-electron chi connectivity index (χ3n) is 13.2. The zero-order valence-corrected chi connectivity index (χ0v) is 46.3. The minimum absolute atomic E-state index is 0.484. The van der Waals surface area contributed by atoms with E-state index in [9.17, 15) is 0 Å². The molecule has 0 aliphatic carbocycles. The number of aryl methyl sites for hydroxylation is 2. The van der Waals surface area contributed by atoms with E-state index in [4.69, 9.17) is 17.0 Å². The second-order valence-corrected chi connectivity index (χ2v) is 23.6. The summed E-state index contributed by atoms with van der Waals surface area (Å²) in [6.07, 6.45) is 4.66. The van der Waals surface area contributed by atoms with E-state index >= 15 is 0 Å². The second kappa shape index (κ2) is 24.7. The van der Waals surface area contributed by atoms with Crippen LogP contribution in [0.25, 0.3) is 77.2 Å². The molecule has 10 aromatic rings. The van der Waals surface area contributed by atoms with Crippen LogP contribution in [0.4, 0.5) is 0 Å². The van der Waals surface area contributed by atoms with Gasteiger partial charge in [0.05, 0.1) is 9.52 Å². The summed E-state index contributed by atoms with van der Waals surface area (Å²) in [4.78, 5) is 0. The van der Waals surface area contributed by atoms with E-state index in [1.165, 1.54) is 123 Å². The van der Waals surface area contributed by atoms with Gasteiger partial charge in [-0.05, 0) is 58.1 Å². The summed E-state index contributed by atoms with van der Waals surface area (Å²) in [6.45, 7) is 13.7. The van der Waals surface area contributed by atoms with Crippen molar-refractivity contribution in [2.45, 2.75) is 79.1 Å². The Bertz CT molecular complexity index is 3050. The molecule has 350 valence electrons. The molecule has 0 saturated carbocycles. The molecule has 0 nitrogen and oxygen atoms in total. The molecule has 0 N–H and O–H groups in total. The summed E-state index contributed by atoms with van der Waals surface area (Å²) in [7, 11) is 10.7. The Morgan fingerprint density at radius 1 is 0.471 bits per heavy atom. The second-order valence-electron chi connectivity index (χ2n) is 18.6. The van der Waals surface area contributed by atoms with Crippen molar-refractivity contribution in [1.82, 2.24) is 0 Å². The van der Waals surface area contributed by atoms with E-state index in [1.807, 2.05) is 6.07 Å². The van der Waals surface area contributed by atoms with E-state index in [1.54, 1.807) is 0 Å². The van der Waals surface area contributed by atoms with Crippen molar-refractivity contribution in [2.75, 3.05) is 0 Å². The largest absolute Gasteiger partial charge is 0.184 e. The fraction of sp³-hybridized carbons (Fsp3) is 0.182. The first-order valence-corrected chi connectivity index (χ1v) is 32.1. The van der Waals surface area contributed by atoms with Gasteiger partial charge in [0.1, 0.15) is 0 Å². The average molecular weight is 1040 g/mol. The summed E-state index contributed by atoms with van der Waals surface area (Å²) in [6, 6.07) is 76.2. The van der Waals surface area contributed by atoms with Crippen molar-refractivity contribution < 1.29 is 20.8 Å². The first kappa shape index (κ1) is 51.0. The van der Waals surface area contributed by atoms with Crippen molar-refractivity contribution in [2.24, 2.45) is 0 Å². The molecule has 0 unspecified atom stereocenters. The molecule has 0 spiro atoms. The van der Waals surface area contributed by atoms with Crippen LogP contribution in [0.15, 0.2) is 200 Å². The SMILES string of the molecule is CCCc1cc2c(-c3ccccc3-c3ccccc3)c(C(C)C)ccc2[cH-]1.CCCc1cc2c(-c3ccccc3-c3ccccc3)c(C(C)C)ccc2[cH-]1.[Cl][Zr][Cl].[c-]1cccc2c1[Si]c1ccccc1-2. The molecule has 11 rings (SSSR count). The summed E-state index contributed by atoms with van der Waals surface area (Å²) >= 11 is -0.826. The zero-order chi connectivity index (χ0) is 49.0. The smallest absolute Gasteiger partial charge is 0.0920 e. The fourth-order valence-corrected chi connectivity index (χ4v) is 11.3. The van der Waals surface area contributed by atoms with Crippen LogP contribution in [0.5, 0.6) is 0 Å². The molecule has 1 aliphatic heterocycles. The monoisotopic (exact) mass is 1040 g/mol. The molecule has 2 radical (unpaired) electrons. The van der Waals surface area contributed by atoms with Crippen LogP contribution in [-0.4, -0.2) is 9.52 Å². The summed E-state index contributed by atoms with van der Waals surface area (Å²) in [5, 5.41) is 8.34. The standard InChI is InChI=1S/2C27H27.C12H7Si.2ClH.Zr/c2*1-4-10-20-17-22-15-16-23(19(2)3)27(26(22)18-20)25-14-9-8-13-24(25)21-11-6-5-7-12-21;1-3-7-11-9(5-1)10-6-2-4-8-12(10)13-11;;;/h2*5-9,11-19H,4,10H2,1-3H3;1-7H;2*1H;/q3*-1;;;+2/p-2. The van der Waals surface area contributed by atoms with Gasteiger partial charge < -0.3 is 0 Å². The van der Waals surface area contributed by atoms with Gasteiger partial charge in [0.2, 0.25) is 0 Å². The molecule has 0 amide bonds. The molecule has 0 atom stereocenters. The van der Waals surface area contributed by atoms with Crippen molar-refractivity contribution >= 4 is 58.5 Å². The van der Waals surface area contributed by atoms with Crippen molar-refractivity contribution in [3.8, 4) is 55.6 Å². The van der Waals surface area contributed by atoms with Crippen molar-refractivity contribution in [3.05, 3.63) is 229 Å². The maximum absolute atomic E-state index is 4.93. The predicted octanol–water partition coefficient (Wildman–Crippen LogP) is 18.4. The van der Waals surface area contributed by atoms with Gasteiger partial charge in [-0.3, -0.25) is 0 Å². The third kappa shape index (κ3) is 11.7. The predicted molar refractivity (Wildman–Crippen MR) is 304 cm³/mol. The first-order chi connectivity index (χ1) is 34.2. The van der Waals surface area contributed by atoms with Crippen molar-refractivity contribution in [1.29, 1.82) is 0 Å². The normalized spacial score (nSPS) is 11.3. The number of rotatable bonds is 10. The maximum Gasteiger partial charge on any atom is 0.0920 e. The van der Waals surface area contributed by atoms with E-state index in [-0.39, 0.29) is 0 Å². The minimum Gasteiger partial charge on any atom is -0.184 e. The zero-order valence-electron chi connectivity index (χ0n) is 41.3. The molecular weight excluding hydrogens is 983 g/mol. The number of hydrogen-bond acceptors (Lipinski definition) is 0. The number of benzene rings is 8. The van der Waals surface area contributed by atoms with E-state index in [2.05, 4.69) is 242 Å². The molecule has 0 fully saturated rings. The molecule has 4 heteroatoms. The van der Waals surface area contributed by atoms with Crippen LogP contribution in [0.3, 0.4) is 0 Å². The Morgan fingerprint density at radius 2 is 0.871 bits per heavy atom. The Kier molecular flexibility index (Phi) is 18.0. The van der Waals surface area contributed by atoms with Gasteiger partial charge in [0, 0.05) is 0 Å². The maximum atomic E-state index is 4.93. The summed E-state index contributed by atoms with van der Waals surface area (Å²) in [5.41, 5.74) is 19.2. The van der Waals surface area contributed by atoms with Crippen LogP contribution in [0.1, 0.15) is 88.5 Å². The minimum atomic E-state index is -0.826. The molecule has 1 aliphatic rings. The van der Waals surface area contributed by atoms with Crippen LogP contribution >= 0.6 is 17.0 Å². The van der Waals surface area contributed by atoms with Crippen LogP contribution in [0.2, 0.25) is 0 Å². The summed E-state index contributed by atoms with van der Waals surface area (Å²) < 4.78 is 0. The topological polar surface area (TPSA) is 0 Å². The van der Waals surface area contributed by atoms with Gasteiger partial charge in [0.25, 0.3) is 0 Å². The molecule has 1 heterocycles. The van der Waals surface area contributed by atoms with Gasteiger partial charge in [-0.15, -0.1) is 74.6 Å². The molecular formula is C66H61Cl2SiZr-3. The van der Waals surface area contributed by atoms with Gasteiger partial charge in [0.15, 0.2) is 0 Å². The Morgan fingerprint density at radius 3 is 1.31 bits per heavy atom. The number of fused-ring (bicyclic) bond motifs is 5. The Hall–Kier alpha value is -5.34. The van der Waals surface area contributed by atoms with Gasteiger partial charge in [-0.2, -0.15) is 41.6 Å². The van der Waals surface area contributed by atoms with E-state index < -0.39 is 20.8 Å². The van der Waals surface area contributed by atoms with E-state index in [0.29, 0.717) is 11.8 Å². The fourth-order valence-electron chi connectivity index (χ4n) is 10.0. The van der Waals surface area contributed by atoms with Crippen LogP contribution in [-0.2, 0) is 33.7 Å². The molecule has 0 bridgehead atoms. The van der Waals surface area contributed by atoms with Crippen LogP contribution < -0.4 is 10.4 Å². The van der Waals surface area contributed by atoms with Gasteiger partial charge in [-0.25, -0.2) is 0 Å². The molecule has 70 heavy (non-hydrogen) atoms. The average Bonchev–Trinajstić information content (AvgIpc) is 4.12. The number of halogens is 2. The first-order valence-electron chi connectivity index (χ1n) is 24.8. The molecule has 0 saturated heterocycles. The quantitative estimate of drug-likeness (QED) is 0.0946. The van der Waals surface area contributed by atoms with Crippen molar-refractivity contribution in [3.63, 3.8) is 0 Å². The van der Waals surface area contributed by atoms with Crippen LogP contribution in [0, 0.1) is 6.07 Å². The van der Waals surface area contributed by atoms with E-state index in [0.717, 1.165) is 22.4 Å². The third-order valence-corrected chi connectivity index (χ3v) is 14.6. The molecule has 0 aromatic heterocycles. The van der Waals surface area contributed by atoms with Gasteiger partial charge in [-0.1, -0.05) is 221 Å². The molecule has 10 aromatic carbocycles. The Labute approximate surface area is 439 Å². The van der Waals surface area contributed by atoms with Gasteiger partial charge >= 0.3 is 37.9 Å².